The van der Waals surface area contributed by atoms with Crippen molar-refractivity contribution in [1.29, 1.82) is 0 Å². The van der Waals surface area contributed by atoms with E-state index in [1.807, 2.05) is 24.3 Å². The molecule has 28 heavy (non-hydrogen) atoms. The number of hydrogen-bond acceptors (Lipinski definition) is 5. The van der Waals surface area contributed by atoms with E-state index in [1.54, 1.807) is 24.3 Å². The molecule has 6 nitrogen and oxygen atoms in total. The average molecular weight is 464 g/mol. The second-order valence-corrected chi connectivity index (χ2v) is 10.3. The van der Waals surface area contributed by atoms with Crippen molar-refractivity contribution in [2.24, 2.45) is 0 Å². The lowest BCUT2D eigenvalue weighted by atomic mass is 9.87. The number of rotatable bonds is 6. The molecule has 0 aliphatic rings. The zero-order chi connectivity index (χ0) is 20.4. The number of nitrogens with zero attached hydrogens (tertiary/aromatic N) is 2. The zero-order valence-electron chi connectivity index (χ0n) is 15.9. The van der Waals surface area contributed by atoms with Gasteiger partial charge in [-0.1, -0.05) is 78.3 Å². The van der Waals surface area contributed by atoms with Gasteiger partial charge in [0, 0.05) is 10.0 Å². The van der Waals surface area contributed by atoms with E-state index in [-0.39, 0.29) is 23.6 Å². The molecule has 0 fully saturated rings. The van der Waals surface area contributed by atoms with E-state index in [4.69, 9.17) is 4.52 Å². The van der Waals surface area contributed by atoms with Crippen molar-refractivity contribution in [3.05, 3.63) is 70.0 Å². The molecule has 0 saturated carbocycles. The molecule has 0 bridgehead atoms. The number of benzene rings is 2. The number of aromatic nitrogens is 2. The van der Waals surface area contributed by atoms with Gasteiger partial charge < -0.3 is 4.52 Å². The maximum absolute atomic E-state index is 12.3. The second-order valence-electron chi connectivity index (χ2n) is 7.55. The van der Waals surface area contributed by atoms with E-state index in [9.17, 15) is 8.42 Å². The number of hydrogen-bond donors (Lipinski definition) is 1. The summed E-state index contributed by atoms with van der Waals surface area (Å²) >= 11 is 3.33. The molecule has 0 saturated heterocycles. The number of sulfonamides is 1. The van der Waals surface area contributed by atoms with Crippen LogP contribution in [-0.2, 0) is 27.7 Å². The van der Waals surface area contributed by atoms with Gasteiger partial charge in [-0.25, -0.2) is 13.1 Å². The van der Waals surface area contributed by atoms with Gasteiger partial charge in [0.25, 0.3) is 0 Å². The van der Waals surface area contributed by atoms with Gasteiger partial charge in [-0.3, -0.25) is 0 Å². The molecule has 3 rings (SSSR count). The Morgan fingerprint density at radius 2 is 1.68 bits per heavy atom. The molecule has 0 spiro atoms. The first-order valence-electron chi connectivity index (χ1n) is 8.78. The Balaban J connectivity index is 1.63. The third-order valence-electron chi connectivity index (χ3n) is 4.19. The highest BCUT2D eigenvalue weighted by Gasteiger charge is 2.16. The Kier molecular flexibility index (Phi) is 6.02. The Labute approximate surface area is 173 Å². The molecule has 0 unspecified atom stereocenters. The van der Waals surface area contributed by atoms with Gasteiger partial charge in [-0.2, -0.15) is 4.98 Å². The third-order valence-corrected chi connectivity index (χ3v) is 6.02. The summed E-state index contributed by atoms with van der Waals surface area (Å²) in [7, 11) is -3.52. The SMILES string of the molecule is CC(C)(C)c1ccc(-c2noc(CNS(=O)(=O)Cc3ccc(Br)cc3)n2)cc1. The Morgan fingerprint density at radius 3 is 2.29 bits per heavy atom. The van der Waals surface area contributed by atoms with Gasteiger partial charge in [0.05, 0.1) is 12.3 Å². The van der Waals surface area contributed by atoms with Crippen LogP contribution in [0, 0.1) is 0 Å². The van der Waals surface area contributed by atoms with E-state index in [2.05, 4.69) is 51.6 Å². The smallest absolute Gasteiger partial charge is 0.242 e. The number of halogens is 1. The van der Waals surface area contributed by atoms with E-state index in [1.165, 1.54) is 5.56 Å². The third kappa shape index (κ3) is 5.50. The van der Waals surface area contributed by atoms with Crippen molar-refractivity contribution in [3.63, 3.8) is 0 Å². The highest BCUT2D eigenvalue weighted by Crippen LogP contribution is 2.25. The topological polar surface area (TPSA) is 85.1 Å². The Morgan fingerprint density at radius 1 is 1.04 bits per heavy atom. The lowest BCUT2D eigenvalue weighted by Crippen LogP contribution is -2.24. The van der Waals surface area contributed by atoms with Gasteiger partial charge in [0.15, 0.2) is 0 Å². The van der Waals surface area contributed by atoms with Crippen LogP contribution in [-0.4, -0.2) is 18.6 Å². The molecule has 0 amide bonds. The summed E-state index contributed by atoms with van der Waals surface area (Å²) in [6, 6.07) is 15.1. The van der Waals surface area contributed by atoms with Crippen LogP contribution in [0.2, 0.25) is 0 Å². The second kappa shape index (κ2) is 8.14. The molecule has 0 aliphatic carbocycles. The average Bonchev–Trinajstić information content (AvgIpc) is 3.10. The van der Waals surface area contributed by atoms with Crippen LogP contribution < -0.4 is 4.72 Å². The molecule has 1 N–H and O–H groups in total. The normalized spacial score (nSPS) is 12.3. The predicted octanol–water partition coefficient (Wildman–Crippen LogP) is 4.42. The highest BCUT2D eigenvalue weighted by molar-refractivity contribution is 9.10. The van der Waals surface area contributed by atoms with Crippen LogP contribution in [0.25, 0.3) is 11.4 Å². The molecule has 1 heterocycles. The first-order chi connectivity index (χ1) is 13.1. The standard InChI is InChI=1S/C20H22BrN3O3S/c1-20(2,3)16-8-6-15(7-9-16)19-23-18(27-24-19)12-22-28(25,26)13-14-4-10-17(21)11-5-14/h4-11,22H,12-13H2,1-3H3. The lowest BCUT2D eigenvalue weighted by Gasteiger charge is -2.18. The van der Waals surface area contributed by atoms with E-state index < -0.39 is 10.0 Å². The van der Waals surface area contributed by atoms with E-state index in [0.717, 1.165) is 10.0 Å². The summed E-state index contributed by atoms with van der Waals surface area (Å²) in [5.74, 6) is 0.534. The van der Waals surface area contributed by atoms with Crippen molar-refractivity contribution in [1.82, 2.24) is 14.9 Å². The molecule has 0 atom stereocenters. The van der Waals surface area contributed by atoms with Crippen LogP contribution in [0.3, 0.4) is 0 Å². The van der Waals surface area contributed by atoms with Crippen LogP contribution in [0.1, 0.15) is 37.8 Å². The highest BCUT2D eigenvalue weighted by atomic mass is 79.9. The molecule has 1 aromatic heterocycles. The van der Waals surface area contributed by atoms with Crippen LogP contribution in [0.5, 0.6) is 0 Å². The van der Waals surface area contributed by atoms with Crippen molar-refractivity contribution < 1.29 is 12.9 Å². The van der Waals surface area contributed by atoms with Gasteiger partial charge in [-0.15, -0.1) is 0 Å². The quantitative estimate of drug-likeness (QED) is 0.584. The maximum atomic E-state index is 12.3. The fourth-order valence-electron chi connectivity index (χ4n) is 2.59. The molecule has 2 aromatic carbocycles. The van der Waals surface area contributed by atoms with Crippen molar-refractivity contribution in [2.75, 3.05) is 0 Å². The summed E-state index contributed by atoms with van der Waals surface area (Å²) in [6.07, 6.45) is 0. The van der Waals surface area contributed by atoms with Gasteiger partial charge in [-0.05, 0) is 28.7 Å². The molecule has 0 aliphatic heterocycles. The minimum absolute atomic E-state index is 0.0497. The first-order valence-corrected chi connectivity index (χ1v) is 11.2. The monoisotopic (exact) mass is 463 g/mol. The van der Waals surface area contributed by atoms with Gasteiger partial charge in [0.2, 0.25) is 21.7 Å². The molecule has 0 radical (unpaired) electrons. The fourth-order valence-corrected chi connectivity index (χ4v) is 3.93. The maximum Gasteiger partial charge on any atom is 0.242 e. The molecule has 8 heteroatoms. The number of nitrogens with one attached hydrogen (secondary N) is 1. The molecular weight excluding hydrogens is 442 g/mol. The van der Waals surface area contributed by atoms with Gasteiger partial charge in [0.1, 0.15) is 0 Å². The molecular formula is C20H22BrN3O3S. The van der Waals surface area contributed by atoms with Crippen LogP contribution in [0.4, 0.5) is 0 Å². The summed E-state index contributed by atoms with van der Waals surface area (Å²) < 4.78 is 33.1. The zero-order valence-corrected chi connectivity index (χ0v) is 18.3. The summed E-state index contributed by atoms with van der Waals surface area (Å²) in [4.78, 5) is 4.28. The minimum Gasteiger partial charge on any atom is -0.338 e. The van der Waals surface area contributed by atoms with Crippen molar-refractivity contribution >= 4 is 26.0 Å². The van der Waals surface area contributed by atoms with Crippen molar-refractivity contribution in [3.8, 4) is 11.4 Å². The van der Waals surface area contributed by atoms with Crippen LogP contribution in [0.15, 0.2) is 57.5 Å². The van der Waals surface area contributed by atoms with E-state index in [0.29, 0.717) is 11.4 Å². The van der Waals surface area contributed by atoms with Crippen molar-refractivity contribution in [2.45, 2.75) is 38.5 Å². The van der Waals surface area contributed by atoms with Crippen LogP contribution >= 0.6 is 15.9 Å². The summed E-state index contributed by atoms with van der Waals surface area (Å²) in [6.45, 7) is 6.39. The fraction of sp³-hybridized carbons (Fsp3) is 0.300. The van der Waals surface area contributed by atoms with Gasteiger partial charge >= 0.3 is 0 Å². The predicted molar refractivity (Wildman–Crippen MR) is 112 cm³/mol. The Bertz CT molecular complexity index is 1040. The minimum atomic E-state index is -3.52. The summed E-state index contributed by atoms with van der Waals surface area (Å²) in [5, 5.41) is 3.95. The summed E-state index contributed by atoms with van der Waals surface area (Å²) in [5.41, 5.74) is 2.79. The molecule has 3 aromatic rings. The molecule has 148 valence electrons. The first kappa shape index (κ1) is 20.7. The Hall–Kier alpha value is -2.03. The largest absolute Gasteiger partial charge is 0.338 e. The van der Waals surface area contributed by atoms with E-state index >= 15 is 0 Å². The lowest BCUT2D eigenvalue weighted by molar-refractivity contribution is 0.376.